The van der Waals surface area contributed by atoms with Gasteiger partial charge < -0.3 is 9.64 Å². The van der Waals surface area contributed by atoms with Crippen molar-refractivity contribution < 1.29 is 14.3 Å². The SMILES string of the molecule is COC(=O)C1CCCN(C(=O)Cn2ccnn2)C1. The molecule has 0 saturated carbocycles. The maximum absolute atomic E-state index is 12.0. The number of hydrogen-bond acceptors (Lipinski definition) is 5. The number of amides is 1. The fraction of sp³-hybridized carbons (Fsp3) is 0.636. The van der Waals surface area contributed by atoms with Crippen molar-refractivity contribution in [3.63, 3.8) is 0 Å². The Labute approximate surface area is 105 Å². The van der Waals surface area contributed by atoms with Crippen LogP contribution in [0.2, 0.25) is 0 Å². The second-order valence-corrected chi connectivity index (χ2v) is 4.30. The molecule has 7 heteroatoms. The minimum Gasteiger partial charge on any atom is -0.469 e. The molecular formula is C11H16N4O3. The first-order valence-corrected chi connectivity index (χ1v) is 5.90. The van der Waals surface area contributed by atoms with Crippen LogP contribution >= 0.6 is 0 Å². The fourth-order valence-electron chi connectivity index (χ4n) is 2.12. The second kappa shape index (κ2) is 5.61. The minimum atomic E-state index is -0.242. The lowest BCUT2D eigenvalue weighted by atomic mass is 9.98. The Kier molecular flexibility index (Phi) is 3.91. The van der Waals surface area contributed by atoms with Gasteiger partial charge in [-0.25, -0.2) is 4.68 Å². The molecule has 0 aromatic carbocycles. The molecule has 1 unspecified atom stereocenters. The first-order valence-electron chi connectivity index (χ1n) is 5.90. The summed E-state index contributed by atoms with van der Waals surface area (Å²) in [4.78, 5) is 25.2. The van der Waals surface area contributed by atoms with Gasteiger partial charge in [-0.3, -0.25) is 9.59 Å². The lowest BCUT2D eigenvalue weighted by molar-refractivity contribution is -0.149. The topological polar surface area (TPSA) is 77.3 Å². The van der Waals surface area contributed by atoms with Crippen molar-refractivity contribution in [3.8, 4) is 0 Å². The molecule has 0 N–H and O–H groups in total. The molecule has 18 heavy (non-hydrogen) atoms. The summed E-state index contributed by atoms with van der Waals surface area (Å²) < 4.78 is 6.20. The summed E-state index contributed by atoms with van der Waals surface area (Å²) in [5.74, 6) is -0.495. The van der Waals surface area contributed by atoms with Crippen LogP contribution in [0, 0.1) is 5.92 Å². The van der Waals surface area contributed by atoms with Gasteiger partial charge in [-0.05, 0) is 12.8 Å². The van der Waals surface area contributed by atoms with Crippen LogP contribution < -0.4 is 0 Å². The molecule has 1 aromatic heterocycles. The molecule has 98 valence electrons. The second-order valence-electron chi connectivity index (χ2n) is 4.30. The predicted octanol–water partition coefficient (Wildman–Crippen LogP) is -0.310. The Bertz CT molecular complexity index is 418. The molecule has 0 radical (unpaired) electrons. The van der Waals surface area contributed by atoms with E-state index in [0.29, 0.717) is 13.1 Å². The van der Waals surface area contributed by atoms with Crippen molar-refractivity contribution in [2.45, 2.75) is 19.4 Å². The van der Waals surface area contributed by atoms with E-state index in [9.17, 15) is 9.59 Å². The largest absolute Gasteiger partial charge is 0.469 e. The Morgan fingerprint density at radius 3 is 3.00 bits per heavy atom. The highest BCUT2D eigenvalue weighted by molar-refractivity contribution is 5.78. The molecule has 0 spiro atoms. The number of methoxy groups -OCH3 is 1. The lowest BCUT2D eigenvalue weighted by Gasteiger charge is -2.31. The zero-order valence-electron chi connectivity index (χ0n) is 10.3. The molecule has 0 aliphatic carbocycles. The van der Waals surface area contributed by atoms with Crippen LogP contribution in [-0.2, 0) is 20.9 Å². The zero-order valence-corrected chi connectivity index (χ0v) is 10.3. The number of likely N-dealkylation sites (tertiary alicyclic amines) is 1. The van der Waals surface area contributed by atoms with Gasteiger partial charge in [0.25, 0.3) is 0 Å². The lowest BCUT2D eigenvalue weighted by Crippen LogP contribution is -2.44. The highest BCUT2D eigenvalue weighted by Crippen LogP contribution is 2.17. The van der Waals surface area contributed by atoms with E-state index in [1.807, 2.05) is 0 Å². The Morgan fingerprint density at radius 2 is 2.33 bits per heavy atom. The van der Waals surface area contributed by atoms with Crippen LogP contribution in [0.15, 0.2) is 12.4 Å². The molecule has 1 aromatic rings. The number of rotatable bonds is 3. The van der Waals surface area contributed by atoms with Gasteiger partial charge in [-0.1, -0.05) is 5.21 Å². The highest BCUT2D eigenvalue weighted by Gasteiger charge is 2.28. The third kappa shape index (κ3) is 2.85. The Morgan fingerprint density at radius 1 is 1.50 bits per heavy atom. The third-order valence-corrected chi connectivity index (χ3v) is 3.08. The molecule has 1 saturated heterocycles. The minimum absolute atomic E-state index is 0.0471. The van der Waals surface area contributed by atoms with E-state index < -0.39 is 0 Å². The average molecular weight is 252 g/mol. The van der Waals surface area contributed by atoms with Crippen LogP contribution in [0.4, 0.5) is 0 Å². The van der Waals surface area contributed by atoms with E-state index in [1.54, 1.807) is 11.1 Å². The summed E-state index contributed by atoms with van der Waals surface area (Å²) in [6.07, 6.45) is 4.77. The third-order valence-electron chi connectivity index (χ3n) is 3.08. The van der Waals surface area contributed by atoms with Crippen molar-refractivity contribution in [1.29, 1.82) is 0 Å². The predicted molar refractivity (Wildman–Crippen MR) is 61.3 cm³/mol. The highest BCUT2D eigenvalue weighted by atomic mass is 16.5. The van der Waals surface area contributed by atoms with Gasteiger partial charge in [-0.2, -0.15) is 0 Å². The molecule has 0 bridgehead atoms. The Balaban J connectivity index is 1.92. The van der Waals surface area contributed by atoms with Crippen LogP contribution in [-0.4, -0.2) is 52.0 Å². The van der Waals surface area contributed by atoms with Gasteiger partial charge >= 0.3 is 5.97 Å². The van der Waals surface area contributed by atoms with Crippen molar-refractivity contribution in [2.75, 3.05) is 20.2 Å². The van der Waals surface area contributed by atoms with E-state index in [0.717, 1.165) is 12.8 Å². The summed E-state index contributed by atoms with van der Waals surface area (Å²) in [6.45, 7) is 1.27. The smallest absolute Gasteiger partial charge is 0.310 e. The summed E-state index contributed by atoms with van der Waals surface area (Å²) >= 11 is 0. The average Bonchev–Trinajstić information content (AvgIpc) is 2.90. The number of carbonyl (C=O) groups is 2. The van der Waals surface area contributed by atoms with Gasteiger partial charge in [0.15, 0.2) is 0 Å². The molecule has 1 atom stereocenters. The molecule has 2 heterocycles. The number of carbonyl (C=O) groups excluding carboxylic acids is 2. The van der Waals surface area contributed by atoms with E-state index in [2.05, 4.69) is 10.3 Å². The summed E-state index contributed by atoms with van der Waals surface area (Å²) in [7, 11) is 1.37. The quantitative estimate of drug-likeness (QED) is 0.690. The van der Waals surface area contributed by atoms with E-state index >= 15 is 0 Å². The van der Waals surface area contributed by atoms with Crippen molar-refractivity contribution in [1.82, 2.24) is 19.9 Å². The molecular weight excluding hydrogens is 236 g/mol. The molecule has 1 fully saturated rings. The van der Waals surface area contributed by atoms with Crippen LogP contribution in [0.1, 0.15) is 12.8 Å². The van der Waals surface area contributed by atoms with E-state index in [4.69, 9.17) is 4.74 Å². The van der Waals surface area contributed by atoms with Crippen molar-refractivity contribution in [2.24, 2.45) is 5.92 Å². The standard InChI is InChI=1S/C11H16N4O3/c1-18-11(17)9-3-2-5-14(7-9)10(16)8-15-6-4-12-13-15/h4,6,9H,2-3,5,7-8H2,1H3. The van der Waals surface area contributed by atoms with Gasteiger partial charge in [0.05, 0.1) is 19.2 Å². The molecule has 1 amide bonds. The number of aromatic nitrogens is 3. The van der Waals surface area contributed by atoms with Crippen molar-refractivity contribution in [3.05, 3.63) is 12.4 Å². The van der Waals surface area contributed by atoms with Gasteiger partial charge in [-0.15, -0.1) is 5.10 Å². The van der Waals surface area contributed by atoms with E-state index in [-0.39, 0.29) is 24.3 Å². The number of ether oxygens (including phenoxy) is 1. The fourth-order valence-corrected chi connectivity index (χ4v) is 2.12. The normalized spacial score (nSPS) is 19.6. The summed E-state index contributed by atoms with van der Waals surface area (Å²) in [5, 5.41) is 7.39. The van der Waals surface area contributed by atoms with Crippen LogP contribution in [0.5, 0.6) is 0 Å². The molecule has 1 aliphatic heterocycles. The number of piperidine rings is 1. The van der Waals surface area contributed by atoms with Crippen LogP contribution in [0.25, 0.3) is 0 Å². The maximum atomic E-state index is 12.0. The first-order chi connectivity index (χ1) is 8.70. The van der Waals surface area contributed by atoms with Crippen molar-refractivity contribution >= 4 is 11.9 Å². The summed E-state index contributed by atoms with van der Waals surface area (Å²) in [6, 6.07) is 0. The van der Waals surface area contributed by atoms with Gasteiger partial charge in [0.2, 0.25) is 5.91 Å². The van der Waals surface area contributed by atoms with Crippen LogP contribution in [0.3, 0.4) is 0 Å². The monoisotopic (exact) mass is 252 g/mol. The van der Waals surface area contributed by atoms with Gasteiger partial charge in [0, 0.05) is 19.3 Å². The van der Waals surface area contributed by atoms with Gasteiger partial charge in [0.1, 0.15) is 6.54 Å². The molecule has 1 aliphatic rings. The molecule has 2 rings (SSSR count). The van der Waals surface area contributed by atoms with E-state index in [1.165, 1.54) is 18.0 Å². The maximum Gasteiger partial charge on any atom is 0.310 e. The zero-order chi connectivity index (χ0) is 13.0. The summed E-state index contributed by atoms with van der Waals surface area (Å²) in [5.41, 5.74) is 0. The number of nitrogens with zero attached hydrogens (tertiary/aromatic N) is 4. The Hall–Kier alpha value is -1.92. The molecule has 7 nitrogen and oxygen atoms in total. The number of hydrogen-bond donors (Lipinski definition) is 0. The number of esters is 1. The first kappa shape index (κ1) is 12.5.